The van der Waals surface area contributed by atoms with E-state index >= 15 is 0 Å². The van der Waals surface area contributed by atoms with Gasteiger partial charge in [-0.3, -0.25) is 4.79 Å². The third kappa shape index (κ3) is 6.06. The van der Waals surface area contributed by atoms with E-state index in [9.17, 15) is 4.79 Å². The number of benzene rings is 1. The molecule has 0 fully saturated rings. The molecule has 2 N–H and O–H groups in total. The first-order chi connectivity index (χ1) is 11.2. The lowest BCUT2D eigenvalue weighted by Gasteiger charge is -2.07. The van der Waals surface area contributed by atoms with Gasteiger partial charge in [0.25, 0.3) is 0 Å². The SMILES string of the molecule is CCCCCNc1ccc(NC(=O)Cc2cccc(C)c2)nn1. The molecule has 0 saturated carbocycles. The molecule has 122 valence electrons. The molecule has 0 saturated heterocycles. The molecule has 0 spiro atoms. The second-order valence-corrected chi connectivity index (χ2v) is 5.65. The van der Waals surface area contributed by atoms with E-state index in [-0.39, 0.29) is 5.91 Å². The van der Waals surface area contributed by atoms with E-state index in [1.165, 1.54) is 12.8 Å². The summed E-state index contributed by atoms with van der Waals surface area (Å²) in [5.74, 6) is 1.12. The Morgan fingerprint density at radius 3 is 2.57 bits per heavy atom. The van der Waals surface area contributed by atoms with Gasteiger partial charge in [-0.05, 0) is 31.0 Å². The fourth-order valence-electron chi connectivity index (χ4n) is 2.28. The summed E-state index contributed by atoms with van der Waals surface area (Å²) in [6.07, 6.45) is 3.85. The predicted molar refractivity (Wildman–Crippen MR) is 93.6 cm³/mol. The molecule has 1 aromatic carbocycles. The molecule has 0 aliphatic carbocycles. The van der Waals surface area contributed by atoms with Crippen molar-refractivity contribution < 1.29 is 4.79 Å². The van der Waals surface area contributed by atoms with E-state index in [1.54, 1.807) is 6.07 Å². The van der Waals surface area contributed by atoms with Crippen LogP contribution in [-0.4, -0.2) is 22.6 Å². The van der Waals surface area contributed by atoms with Crippen molar-refractivity contribution in [3.63, 3.8) is 0 Å². The maximum Gasteiger partial charge on any atom is 0.229 e. The summed E-state index contributed by atoms with van der Waals surface area (Å²) in [7, 11) is 0. The van der Waals surface area contributed by atoms with Gasteiger partial charge >= 0.3 is 0 Å². The molecule has 0 aliphatic rings. The largest absolute Gasteiger partial charge is 0.369 e. The molecule has 1 amide bonds. The lowest BCUT2D eigenvalue weighted by atomic mass is 10.1. The summed E-state index contributed by atoms with van der Waals surface area (Å²) in [4.78, 5) is 12.0. The molecule has 0 bridgehead atoms. The highest BCUT2D eigenvalue weighted by Gasteiger charge is 2.06. The van der Waals surface area contributed by atoms with Crippen molar-refractivity contribution in [3.05, 3.63) is 47.5 Å². The summed E-state index contributed by atoms with van der Waals surface area (Å²) in [5, 5.41) is 14.1. The van der Waals surface area contributed by atoms with Crippen LogP contribution >= 0.6 is 0 Å². The normalized spacial score (nSPS) is 10.3. The van der Waals surface area contributed by atoms with Gasteiger partial charge in [0.1, 0.15) is 5.82 Å². The number of amides is 1. The fraction of sp³-hybridized carbons (Fsp3) is 0.389. The third-order valence-corrected chi connectivity index (χ3v) is 3.47. The number of aryl methyl sites for hydroxylation is 1. The molecule has 0 unspecified atom stereocenters. The highest BCUT2D eigenvalue weighted by atomic mass is 16.1. The topological polar surface area (TPSA) is 66.9 Å². The Morgan fingerprint density at radius 1 is 1.09 bits per heavy atom. The molecular formula is C18H24N4O. The van der Waals surface area contributed by atoms with Gasteiger partial charge in [0.15, 0.2) is 5.82 Å². The van der Waals surface area contributed by atoms with Crippen LogP contribution in [0.15, 0.2) is 36.4 Å². The van der Waals surface area contributed by atoms with Crippen molar-refractivity contribution in [1.29, 1.82) is 0 Å². The van der Waals surface area contributed by atoms with Gasteiger partial charge < -0.3 is 10.6 Å². The van der Waals surface area contributed by atoms with Crippen LogP contribution in [0.5, 0.6) is 0 Å². The zero-order chi connectivity index (χ0) is 16.5. The first-order valence-corrected chi connectivity index (χ1v) is 8.10. The van der Waals surface area contributed by atoms with E-state index in [0.717, 1.165) is 29.9 Å². The lowest BCUT2D eigenvalue weighted by Crippen LogP contribution is -2.16. The first-order valence-electron chi connectivity index (χ1n) is 8.10. The van der Waals surface area contributed by atoms with E-state index in [2.05, 4.69) is 27.8 Å². The van der Waals surface area contributed by atoms with Gasteiger partial charge in [-0.15, -0.1) is 10.2 Å². The van der Waals surface area contributed by atoms with Gasteiger partial charge in [-0.1, -0.05) is 49.6 Å². The van der Waals surface area contributed by atoms with Gasteiger partial charge in [-0.25, -0.2) is 0 Å². The number of carbonyl (C=O) groups excluding carboxylic acids is 1. The van der Waals surface area contributed by atoms with E-state index in [4.69, 9.17) is 0 Å². The van der Waals surface area contributed by atoms with Crippen LogP contribution in [0, 0.1) is 6.92 Å². The number of nitrogens with one attached hydrogen (secondary N) is 2. The average molecular weight is 312 g/mol. The quantitative estimate of drug-likeness (QED) is 0.731. The first kappa shape index (κ1) is 16.9. The second kappa shape index (κ2) is 8.88. The minimum absolute atomic E-state index is 0.0893. The van der Waals surface area contributed by atoms with Gasteiger partial charge in [0.2, 0.25) is 5.91 Å². The van der Waals surface area contributed by atoms with Crippen LogP contribution < -0.4 is 10.6 Å². The van der Waals surface area contributed by atoms with Crippen LogP contribution in [0.4, 0.5) is 11.6 Å². The number of hydrogen-bond acceptors (Lipinski definition) is 4. The number of rotatable bonds is 8. The molecule has 2 rings (SSSR count). The minimum Gasteiger partial charge on any atom is -0.369 e. The maximum atomic E-state index is 12.0. The molecule has 1 aromatic heterocycles. The molecule has 2 aromatic rings. The molecule has 5 nitrogen and oxygen atoms in total. The zero-order valence-corrected chi connectivity index (χ0v) is 13.8. The smallest absolute Gasteiger partial charge is 0.229 e. The number of carbonyl (C=O) groups is 1. The van der Waals surface area contributed by atoms with E-state index in [1.807, 2.05) is 37.3 Å². The molecule has 1 heterocycles. The fourth-order valence-corrected chi connectivity index (χ4v) is 2.28. The molecule has 5 heteroatoms. The third-order valence-electron chi connectivity index (χ3n) is 3.47. The van der Waals surface area contributed by atoms with E-state index in [0.29, 0.717) is 12.2 Å². The number of unbranched alkanes of at least 4 members (excludes halogenated alkanes) is 2. The van der Waals surface area contributed by atoms with Crippen LogP contribution in [0.2, 0.25) is 0 Å². The number of hydrogen-bond donors (Lipinski definition) is 2. The van der Waals surface area contributed by atoms with Crippen molar-refractivity contribution in [2.45, 2.75) is 39.5 Å². The summed E-state index contributed by atoms with van der Waals surface area (Å²) in [5.41, 5.74) is 2.14. The summed E-state index contributed by atoms with van der Waals surface area (Å²) < 4.78 is 0. The molecule has 23 heavy (non-hydrogen) atoms. The van der Waals surface area contributed by atoms with Crippen LogP contribution in [-0.2, 0) is 11.2 Å². The molecule has 0 radical (unpaired) electrons. The summed E-state index contributed by atoms with van der Waals surface area (Å²) in [6, 6.07) is 11.5. The van der Waals surface area contributed by atoms with Crippen molar-refractivity contribution in [2.75, 3.05) is 17.2 Å². The Bertz CT molecular complexity index is 625. The maximum absolute atomic E-state index is 12.0. The monoisotopic (exact) mass is 312 g/mol. The Labute approximate surface area is 137 Å². The number of nitrogens with zero attached hydrogens (tertiary/aromatic N) is 2. The van der Waals surface area contributed by atoms with Crippen molar-refractivity contribution in [1.82, 2.24) is 10.2 Å². The zero-order valence-electron chi connectivity index (χ0n) is 13.8. The molecule has 0 aliphatic heterocycles. The highest BCUT2D eigenvalue weighted by Crippen LogP contribution is 2.09. The van der Waals surface area contributed by atoms with E-state index < -0.39 is 0 Å². The highest BCUT2D eigenvalue weighted by molar-refractivity contribution is 5.91. The summed E-state index contributed by atoms with van der Waals surface area (Å²) >= 11 is 0. The second-order valence-electron chi connectivity index (χ2n) is 5.65. The van der Waals surface area contributed by atoms with Gasteiger partial charge in [-0.2, -0.15) is 0 Å². The Morgan fingerprint density at radius 2 is 1.87 bits per heavy atom. The van der Waals surface area contributed by atoms with Gasteiger partial charge in [0.05, 0.1) is 6.42 Å². The van der Waals surface area contributed by atoms with Crippen LogP contribution in [0.25, 0.3) is 0 Å². The van der Waals surface area contributed by atoms with Crippen molar-refractivity contribution in [3.8, 4) is 0 Å². The lowest BCUT2D eigenvalue weighted by molar-refractivity contribution is -0.115. The number of anilines is 2. The van der Waals surface area contributed by atoms with Crippen LogP contribution in [0.3, 0.4) is 0 Å². The molecule has 0 atom stereocenters. The van der Waals surface area contributed by atoms with Crippen molar-refractivity contribution >= 4 is 17.5 Å². The summed E-state index contributed by atoms with van der Waals surface area (Å²) in [6.45, 7) is 5.08. The van der Waals surface area contributed by atoms with Crippen LogP contribution in [0.1, 0.15) is 37.3 Å². The number of aromatic nitrogens is 2. The minimum atomic E-state index is -0.0893. The average Bonchev–Trinajstić information content (AvgIpc) is 2.53. The van der Waals surface area contributed by atoms with Crippen molar-refractivity contribution in [2.24, 2.45) is 0 Å². The van der Waals surface area contributed by atoms with Gasteiger partial charge in [0, 0.05) is 6.54 Å². The predicted octanol–water partition coefficient (Wildman–Crippen LogP) is 3.57. The Balaban J connectivity index is 1.81. The molecular weight excluding hydrogens is 288 g/mol. The Hall–Kier alpha value is -2.43. The standard InChI is InChI=1S/C18H24N4O/c1-3-4-5-11-19-16-9-10-17(22-21-16)20-18(23)13-15-8-6-7-14(2)12-15/h6-10,12H,3-5,11,13H2,1-2H3,(H,19,21)(H,20,22,23). The Kier molecular flexibility index (Phi) is 6.54.